The fourth-order valence-corrected chi connectivity index (χ4v) is 1.84. The normalized spacial score (nSPS) is 14.4. The number of hydrogen-bond donors (Lipinski definition) is 1. The third-order valence-corrected chi connectivity index (χ3v) is 3.52. The van der Waals surface area contributed by atoms with Crippen molar-refractivity contribution in [1.82, 2.24) is 4.90 Å². The molecule has 0 aliphatic rings. The van der Waals surface area contributed by atoms with Gasteiger partial charge in [-0.3, -0.25) is 0 Å². The Morgan fingerprint density at radius 3 is 2.38 bits per heavy atom. The first kappa shape index (κ1) is 15.9. The third kappa shape index (κ3) is 8.12. The van der Waals surface area contributed by atoms with Crippen LogP contribution in [-0.2, 0) is 0 Å². The molecule has 0 fully saturated rings. The van der Waals surface area contributed by atoms with Gasteiger partial charge in [0.15, 0.2) is 0 Å². The molecule has 2 nitrogen and oxygen atoms in total. The Morgan fingerprint density at radius 1 is 1.25 bits per heavy atom. The van der Waals surface area contributed by atoms with Gasteiger partial charge in [-0.1, -0.05) is 40.5 Å². The monoisotopic (exact) mass is 228 g/mol. The molecule has 2 N–H and O–H groups in total. The van der Waals surface area contributed by atoms with E-state index in [4.69, 9.17) is 5.73 Å². The first-order valence-electron chi connectivity index (χ1n) is 6.80. The van der Waals surface area contributed by atoms with E-state index in [2.05, 4.69) is 39.6 Å². The zero-order chi connectivity index (χ0) is 12.6. The Hall–Kier alpha value is -0.0800. The fraction of sp³-hybridized carbons (Fsp3) is 1.00. The van der Waals surface area contributed by atoms with Crippen molar-refractivity contribution in [3.63, 3.8) is 0 Å². The van der Waals surface area contributed by atoms with Crippen LogP contribution in [0.5, 0.6) is 0 Å². The number of rotatable bonds is 9. The zero-order valence-electron chi connectivity index (χ0n) is 12.1. The fourth-order valence-electron chi connectivity index (χ4n) is 1.84. The van der Waals surface area contributed by atoms with Crippen molar-refractivity contribution in [3.8, 4) is 0 Å². The lowest BCUT2D eigenvalue weighted by Gasteiger charge is -2.24. The van der Waals surface area contributed by atoms with Crippen molar-refractivity contribution in [1.29, 1.82) is 0 Å². The topological polar surface area (TPSA) is 29.3 Å². The van der Waals surface area contributed by atoms with Gasteiger partial charge in [0.05, 0.1) is 0 Å². The van der Waals surface area contributed by atoms with E-state index in [1.54, 1.807) is 0 Å². The molecular weight excluding hydrogens is 196 g/mol. The van der Waals surface area contributed by atoms with Crippen molar-refractivity contribution in [2.75, 3.05) is 26.7 Å². The van der Waals surface area contributed by atoms with Crippen molar-refractivity contribution >= 4 is 0 Å². The zero-order valence-corrected chi connectivity index (χ0v) is 12.1. The van der Waals surface area contributed by atoms with Crippen LogP contribution in [0.2, 0.25) is 0 Å². The summed E-state index contributed by atoms with van der Waals surface area (Å²) < 4.78 is 0. The highest BCUT2D eigenvalue weighted by molar-refractivity contribution is 4.69. The highest BCUT2D eigenvalue weighted by Crippen LogP contribution is 2.21. The largest absolute Gasteiger partial charge is 0.330 e. The van der Waals surface area contributed by atoms with E-state index < -0.39 is 0 Å². The molecule has 16 heavy (non-hydrogen) atoms. The second-order valence-corrected chi connectivity index (χ2v) is 6.10. The van der Waals surface area contributed by atoms with Crippen molar-refractivity contribution in [2.24, 2.45) is 17.1 Å². The first-order valence-corrected chi connectivity index (χ1v) is 6.80. The molecule has 0 aliphatic heterocycles. The van der Waals surface area contributed by atoms with Crippen molar-refractivity contribution < 1.29 is 0 Å². The van der Waals surface area contributed by atoms with Gasteiger partial charge in [-0.2, -0.15) is 0 Å². The van der Waals surface area contributed by atoms with Crippen LogP contribution in [0, 0.1) is 11.3 Å². The summed E-state index contributed by atoms with van der Waals surface area (Å²) in [7, 11) is 2.24. The van der Waals surface area contributed by atoms with E-state index in [1.807, 2.05) is 0 Å². The Bertz CT molecular complexity index is 166. The van der Waals surface area contributed by atoms with Gasteiger partial charge in [0.25, 0.3) is 0 Å². The van der Waals surface area contributed by atoms with Crippen LogP contribution in [0.25, 0.3) is 0 Å². The van der Waals surface area contributed by atoms with E-state index in [0.717, 1.165) is 12.5 Å². The van der Waals surface area contributed by atoms with E-state index in [0.29, 0.717) is 5.41 Å². The van der Waals surface area contributed by atoms with Crippen LogP contribution < -0.4 is 5.73 Å². The van der Waals surface area contributed by atoms with E-state index in [-0.39, 0.29) is 0 Å². The molecule has 0 aliphatic carbocycles. The highest BCUT2D eigenvalue weighted by atomic mass is 15.1. The molecule has 0 saturated carbocycles. The van der Waals surface area contributed by atoms with Gasteiger partial charge in [-0.05, 0) is 44.3 Å². The van der Waals surface area contributed by atoms with Crippen LogP contribution in [0.15, 0.2) is 0 Å². The maximum absolute atomic E-state index is 5.72. The maximum atomic E-state index is 5.72. The summed E-state index contributed by atoms with van der Waals surface area (Å²) in [6.07, 6.45) is 5.14. The molecule has 0 radical (unpaired) electrons. The predicted molar refractivity (Wildman–Crippen MR) is 73.6 cm³/mol. The van der Waals surface area contributed by atoms with Gasteiger partial charge in [-0.25, -0.2) is 0 Å². The highest BCUT2D eigenvalue weighted by Gasteiger charge is 2.14. The number of hydrogen-bond acceptors (Lipinski definition) is 2. The predicted octanol–water partition coefficient (Wildman–Crippen LogP) is 3.12. The van der Waals surface area contributed by atoms with Crippen LogP contribution in [0.3, 0.4) is 0 Å². The second kappa shape index (κ2) is 8.08. The summed E-state index contributed by atoms with van der Waals surface area (Å²) in [5, 5.41) is 0. The lowest BCUT2D eigenvalue weighted by atomic mass is 9.87. The van der Waals surface area contributed by atoms with Gasteiger partial charge in [0, 0.05) is 6.54 Å². The van der Waals surface area contributed by atoms with Gasteiger partial charge in [0.1, 0.15) is 0 Å². The standard InChI is InChI=1S/C14H32N2/c1-6-13(2)11-16(5)10-8-7-9-14(3,4)12-15/h13H,6-12,15H2,1-5H3. The van der Waals surface area contributed by atoms with Gasteiger partial charge >= 0.3 is 0 Å². The third-order valence-electron chi connectivity index (χ3n) is 3.52. The van der Waals surface area contributed by atoms with E-state index >= 15 is 0 Å². The minimum absolute atomic E-state index is 0.329. The Labute approximate surface area is 103 Å². The molecule has 0 heterocycles. The van der Waals surface area contributed by atoms with Crippen LogP contribution >= 0.6 is 0 Å². The van der Waals surface area contributed by atoms with E-state index in [9.17, 15) is 0 Å². The summed E-state index contributed by atoms with van der Waals surface area (Å²) in [5.41, 5.74) is 6.05. The van der Waals surface area contributed by atoms with Crippen LogP contribution in [0.4, 0.5) is 0 Å². The second-order valence-electron chi connectivity index (χ2n) is 6.10. The molecule has 0 aromatic rings. The summed E-state index contributed by atoms with van der Waals surface area (Å²) in [5.74, 6) is 0.825. The Morgan fingerprint density at radius 2 is 1.88 bits per heavy atom. The molecular formula is C14H32N2. The van der Waals surface area contributed by atoms with Crippen LogP contribution in [-0.4, -0.2) is 31.6 Å². The summed E-state index contributed by atoms with van der Waals surface area (Å²) in [6.45, 7) is 12.4. The summed E-state index contributed by atoms with van der Waals surface area (Å²) in [6, 6.07) is 0. The number of unbranched alkanes of at least 4 members (excludes halogenated alkanes) is 1. The van der Waals surface area contributed by atoms with Gasteiger partial charge in [-0.15, -0.1) is 0 Å². The van der Waals surface area contributed by atoms with Crippen LogP contribution in [0.1, 0.15) is 53.4 Å². The molecule has 0 aromatic heterocycles. The molecule has 0 spiro atoms. The lowest BCUT2D eigenvalue weighted by Crippen LogP contribution is -2.26. The average Bonchev–Trinajstić information content (AvgIpc) is 2.24. The molecule has 0 amide bonds. The van der Waals surface area contributed by atoms with Gasteiger partial charge < -0.3 is 10.6 Å². The smallest absolute Gasteiger partial charge is 0.000387 e. The lowest BCUT2D eigenvalue weighted by molar-refractivity contribution is 0.263. The average molecular weight is 228 g/mol. The van der Waals surface area contributed by atoms with Crippen molar-refractivity contribution in [3.05, 3.63) is 0 Å². The molecule has 0 saturated heterocycles. The summed E-state index contributed by atoms with van der Waals surface area (Å²) >= 11 is 0. The Kier molecular flexibility index (Phi) is 8.04. The molecule has 0 rings (SSSR count). The quantitative estimate of drug-likeness (QED) is 0.614. The Balaban J connectivity index is 3.51. The summed E-state index contributed by atoms with van der Waals surface area (Å²) in [4.78, 5) is 2.46. The number of nitrogens with two attached hydrogens (primary N) is 1. The first-order chi connectivity index (χ1) is 7.41. The molecule has 1 atom stereocenters. The van der Waals surface area contributed by atoms with Crippen molar-refractivity contribution in [2.45, 2.75) is 53.4 Å². The molecule has 2 heteroatoms. The maximum Gasteiger partial charge on any atom is 0.000387 e. The minimum atomic E-state index is 0.329. The number of nitrogens with zero attached hydrogens (tertiary/aromatic N) is 1. The molecule has 98 valence electrons. The molecule has 0 aromatic carbocycles. The minimum Gasteiger partial charge on any atom is -0.330 e. The van der Waals surface area contributed by atoms with Gasteiger partial charge in [0.2, 0.25) is 0 Å². The SMILES string of the molecule is CCC(C)CN(C)CCCCC(C)(C)CN. The van der Waals surface area contributed by atoms with E-state index in [1.165, 1.54) is 38.8 Å². The molecule has 0 bridgehead atoms. The molecule has 1 unspecified atom stereocenters.